The summed E-state index contributed by atoms with van der Waals surface area (Å²) in [6, 6.07) is 1.43. The predicted molar refractivity (Wildman–Crippen MR) is 50.8 cm³/mol. The van der Waals surface area contributed by atoms with Crippen LogP contribution in [0.4, 0.5) is 0 Å². The summed E-state index contributed by atoms with van der Waals surface area (Å²) in [6.45, 7) is 0. The van der Waals surface area contributed by atoms with Crippen molar-refractivity contribution < 1.29 is 14.3 Å². The number of halogens is 1. The summed E-state index contributed by atoms with van der Waals surface area (Å²) < 4.78 is 4.86. The Morgan fingerprint density at radius 3 is 3.00 bits per heavy atom. The van der Waals surface area contributed by atoms with Crippen LogP contribution in [-0.4, -0.2) is 24.2 Å². The molecule has 1 aromatic heterocycles. The number of methoxy groups -OCH3 is 1. The molecule has 0 radical (unpaired) electrons. The maximum Gasteiger partial charge on any atom is 0.224 e. The van der Waals surface area contributed by atoms with Crippen LogP contribution >= 0.6 is 11.6 Å². The number of rotatable bonds is 4. The van der Waals surface area contributed by atoms with Crippen molar-refractivity contribution in [3.63, 3.8) is 0 Å². The Hall–Kier alpha value is -1.42. The molecule has 0 spiro atoms. The molecule has 0 amide bonds. The molecule has 0 N–H and O–H groups in total. The van der Waals surface area contributed by atoms with Crippen molar-refractivity contribution in [1.82, 2.24) is 4.98 Å². The molecule has 14 heavy (non-hydrogen) atoms. The molecule has 74 valence electrons. The molecule has 1 rings (SSSR count). The lowest BCUT2D eigenvalue weighted by Gasteiger charge is -2.04. The van der Waals surface area contributed by atoms with Crippen molar-refractivity contribution in [1.29, 1.82) is 0 Å². The van der Waals surface area contributed by atoms with E-state index < -0.39 is 0 Å². The van der Waals surface area contributed by atoms with Gasteiger partial charge < -0.3 is 9.53 Å². The fourth-order valence-electron chi connectivity index (χ4n) is 0.975. The third-order valence-corrected chi connectivity index (χ3v) is 1.79. The second kappa shape index (κ2) is 4.72. The number of nitrogens with zero attached hydrogens (tertiary/aromatic N) is 1. The van der Waals surface area contributed by atoms with E-state index in [-0.39, 0.29) is 23.6 Å². The lowest BCUT2D eigenvalue weighted by Crippen LogP contribution is -2.04. The highest BCUT2D eigenvalue weighted by atomic mass is 35.5. The molecule has 1 heterocycles. The van der Waals surface area contributed by atoms with E-state index in [1.165, 1.54) is 19.4 Å². The van der Waals surface area contributed by atoms with E-state index in [4.69, 9.17) is 16.3 Å². The van der Waals surface area contributed by atoms with Gasteiger partial charge in [0.25, 0.3) is 0 Å². The topological polar surface area (TPSA) is 56.3 Å². The number of carbonyl (C=O) groups is 2. The number of hydrogen-bond donors (Lipinski definition) is 0. The van der Waals surface area contributed by atoms with Crippen molar-refractivity contribution in [2.75, 3.05) is 7.11 Å². The Bertz CT molecular complexity index is 365. The number of aldehydes is 1. The van der Waals surface area contributed by atoms with Crippen LogP contribution in [0, 0.1) is 0 Å². The zero-order chi connectivity index (χ0) is 10.6. The predicted octanol–water partition coefficient (Wildman–Crippen LogP) is 1.52. The van der Waals surface area contributed by atoms with E-state index in [1.807, 2.05) is 0 Å². The summed E-state index contributed by atoms with van der Waals surface area (Å²) in [5.74, 6) is -0.173. The van der Waals surface area contributed by atoms with Crippen molar-refractivity contribution >= 4 is 23.7 Å². The second-order valence-corrected chi connectivity index (χ2v) is 2.94. The molecule has 4 nitrogen and oxygen atoms in total. The fourth-order valence-corrected chi connectivity index (χ4v) is 1.13. The lowest BCUT2D eigenvalue weighted by molar-refractivity contribution is -0.107. The third-order valence-electron chi connectivity index (χ3n) is 1.58. The summed E-state index contributed by atoms with van der Waals surface area (Å²) in [4.78, 5) is 25.3. The van der Waals surface area contributed by atoms with Gasteiger partial charge in [-0.3, -0.25) is 4.79 Å². The molecule has 0 saturated carbocycles. The van der Waals surface area contributed by atoms with Crippen LogP contribution in [0.5, 0.6) is 5.88 Å². The summed E-state index contributed by atoms with van der Waals surface area (Å²) in [5.41, 5.74) is 0.229. The van der Waals surface area contributed by atoms with Gasteiger partial charge in [0, 0.05) is 6.20 Å². The quantitative estimate of drug-likeness (QED) is 0.432. The van der Waals surface area contributed by atoms with Crippen molar-refractivity contribution in [2.24, 2.45) is 0 Å². The van der Waals surface area contributed by atoms with Gasteiger partial charge in [-0.2, -0.15) is 0 Å². The van der Waals surface area contributed by atoms with Gasteiger partial charge in [0.05, 0.1) is 24.1 Å². The number of aromatic nitrogens is 1. The van der Waals surface area contributed by atoms with Crippen molar-refractivity contribution in [3.05, 3.63) is 22.8 Å². The number of Topliss-reactive ketones (excluding diaryl/α,β-unsaturated/α-hetero) is 1. The molecule has 1 aromatic rings. The maximum absolute atomic E-state index is 11.4. The molecule has 0 fully saturated rings. The third kappa shape index (κ3) is 2.29. The van der Waals surface area contributed by atoms with Gasteiger partial charge in [-0.25, -0.2) is 4.98 Å². The number of hydrogen-bond acceptors (Lipinski definition) is 4. The highest BCUT2D eigenvalue weighted by molar-refractivity contribution is 6.31. The maximum atomic E-state index is 11.4. The van der Waals surface area contributed by atoms with Crippen LogP contribution in [0.25, 0.3) is 0 Å². The molecule has 0 atom stereocenters. The number of ether oxygens (including phenoxy) is 1. The van der Waals surface area contributed by atoms with Crippen LogP contribution in [0.2, 0.25) is 5.02 Å². The first-order valence-corrected chi connectivity index (χ1v) is 4.23. The first kappa shape index (κ1) is 10.7. The minimum atomic E-state index is -0.355. The molecular formula is C9H8ClNO3. The molecule has 5 heteroatoms. The molecule has 0 saturated heterocycles. The fraction of sp³-hybridized carbons (Fsp3) is 0.222. The molecule has 0 aliphatic carbocycles. The van der Waals surface area contributed by atoms with Gasteiger partial charge in [-0.05, 0) is 6.07 Å². The minimum Gasteiger partial charge on any atom is -0.480 e. The van der Waals surface area contributed by atoms with E-state index >= 15 is 0 Å². The monoisotopic (exact) mass is 213 g/mol. The largest absolute Gasteiger partial charge is 0.480 e. The average molecular weight is 214 g/mol. The molecular weight excluding hydrogens is 206 g/mol. The lowest BCUT2D eigenvalue weighted by atomic mass is 10.1. The van der Waals surface area contributed by atoms with Gasteiger partial charge in [0.1, 0.15) is 6.29 Å². The highest BCUT2D eigenvalue weighted by Crippen LogP contribution is 2.20. The summed E-state index contributed by atoms with van der Waals surface area (Å²) in [6.07, 6.45) is 1.71. The van der Waals surface area contributed by atoms with Crippen molar-refractivity contribution in [2.45, 2.75) is 6.42 Å². The molecule has 0 aliphatic rings. The number of ketones is 1. The standard InChI is InChI=1S/C9H8ClNO3/c1-14-9-7(8(13)2-3-12)4-6(10)5-11-9/h3-5H,2H2,1H3. The van der Waals surface area contributed by atoms with E-state index in [1.54, 1.807) is 0 Å². The molecule has 0 aliphatic heterocycles. The van der Waals surface area contributed by atoms with E-state index in [0.717, 1.165) is 0 Å². The normalized spacial score (nSPS) is 9.57. The Balaban J connectivity index is 3.09. The SMILES string of the molecule is COc1ncc(Cl)cc1C(=O)CC=O. The second-order valence-electron chi connectivity index (χ2n) is 2.50. The summed E-state index contributed by atoms with van der Waals surface area (Å²) in [7, 11) is 1.40. The Morgan fingerprint density at radius 2 is 2.43 bits per heavy atom. The minimum absolute atomic E-state index is 0.182. The molecule has 0 aromatic carbocycles. The summed E-state index contributed by atoms with van der Waals surface area (Å²) >= 11 is 5.66. The van der Waals surface area contributed by atoms with Crippen LogP contribution in [0.1, 0.15) is 16.8 Å². The Labute approximate surface area is 85.9 Å². The van der Waals surface area contributed by atoms with Crippen molar-refractivity contribution in [3.8, 4) is 5.88 Å². The van der Waals surface area contributed by atoms with E-state index in [2.05, 4.69) is 4.98 Å². The number of pyridine rings is 1. The van der Waals surface area contributed by atoms with Crippen LogP contribution < -0.4 is 4.74 Å². The zero-order valence-electron chi connectivity index (χ0n) is 7.49. The van der Waals surface area contributed by atoms with Gasteiger partial charge in [-0.1, -0.05) is 11.6 Å². The van der Waals surface area contributed by atoms with Gasteiger partial charge >= 0.3 is 0 Å². The summed E-state index contributed by atoms with van der Waals surface area (Å²) in [5, 5.41) is 0.333. The first-order valence-electron chi connectivity index (χ1n) is 3.85. The Kier molecular flexibility index (Phi) is 3.59. The zero-order valence-corrected chi connectivity index (χ0v) is 8.25. The van der Waals surface area contributed by atoms with E-state index in [9.17, 15) is 9.59 Å². The number of carbonyl (C=O) groups excluding carboxylic acids is 2. The van der Waals surface area contributed by atoms with E-state index in [0.29, 0.717) is 11.3 Å². The van der Waals surface area contributed by atoms with Crippen LogP contribution in [0.15, 0.2) is 12.3 Å². The van der Waals surface area contributed by atoms with Crippen LogP contribution in [0.3, 0.4) is 0 Å². The van der Waals surface area contributed by atoms with Crippen LogP contribution in [-0.2, 0) is 4.79 Å². The molecule has 0 unspecified atom stereocenters. The van der Waals surface area contributed by atoms with Gasteiger partial charge in [-0.15, -0.1) is 0 Å². The Morgan fingerprint density at radius 1 is 1.71 bits per heavy atom. The average Bonchev–Trinajstić information content (AvgIpc) is 2.18. The molecule has 0 bridgehead atoms. The first-order chi connectivity index (χ1) is 6.69. The highest BCUT2D eigenvalue weighted by Gasteiger charge is 2.13. The van der Waals surface area contributed by atoms with Gasteiger partial charge in [0.2, 0.25) is 5.88 Å². The smallest absolute Gasteiger partial charge is 0.224 e. The van der Waals surface area contributed by atoms with Gasteiger partial charge in [0.15, 0.2) is 5.78 Å².